The van der Waals surface area contributed by atoms with Crippen LogP contribution in [0.5, 0.6) is 5.75 Å². The third kappa shape index (κ3) is 5.19. The minimum absolute atomic E-state index is 0.568. The second kappa shape index (κ2) is 6.85. The smallest absolute Gasteiger partial charge is 0.119 e. The maximum Gasteiger partial charge on any atom is 0.119 e. The summed E-state index contributed by atoms with van der Waals surface area (Å²) >= 11 is 3.39. The number of rotatable bonds is 6. The summed E-state index contributed by atoms with van der Waals surface area (Å²) in [7, 11) is 0. The second-order valence-corrected chi connectivity index (χ2v) is 4.48. The third-order valence-electron chi connectivity index (χ3n) is 2.29. The molecule has 0 fully saturated rings. The van der Waals surface area contributed by atoms with Gasteiger partial charge in [0, 0.05) is 17.1 Å². The van der Waals surface area contributed by atoms with Crippen molar-refractivity contribution in [2.75, 3.05) is 13.2 Å². The molecular formula is C12H18BrNO. The molecule has 0 radical (unpaired) electrons. The molecule has 1 atom stereocenters. The van der Waals surface area contributed by atoms with Gasteiger partial charge in [0.25, 0.3) is 0 Å². The fourth-order valence-electron chi connectivity index (χ4n) is 1.15. The first-order valence-electron chi connectivity index (χ1n) is 5.34. The predicted octanol–water partition coefficient (Wildman–Crippen LogP) is 3.22. The van der Waals surface area contributed by atoms with Crippen molar-refractivity contribution in [2.24, 2.45) is 0 Å². The van der Waals surface area contributed by atoms with E-state index in [1.807, 2.05) is 24.3 Å². The molecule has 0 saturated carbocycles. The van der Waals surface area contributed by atoms with Crippen molar-refractivity contribution in [3.63, 3.8) is 0 Å². The first-order chi connectivity index (χ1) is 7.22. The lowest BCUT2D eigenvalue weighted by molar-refractivity contribution is 0.306. The van der Waals surface area contributed by atoms with Crippen LogP contribution >= 0.6 is 15.9 Å². The summed E-state index contributed by atoms with van der Waals surface area (Å²) in [5, 5.41) is 3.38. The zero-order valence-corrected chi connectivity index (χ0v) is 10.9. The first kappa shape index (κ1) is 12.5. The van der Waals surface area contributed by atoms with Gasteiger partial charge in [-0.15, -0.1) is 0 Å². The molecule has 2 nitrogen and oxygen atoms in total. The molecule has 0 aromatic heterocycles. The van der Waals surface area contributed by atoms with Crippen LogP contribution in [0.4, 0.5) is 0 Å². The van der Waals surface area contributed by atoms with Gasteiger partial charge in [0.05, 0.1) is 0 Å². The normalized spacial score (nSPS) is 12.5. The van der Waals surface area contributed by atoms with Crippen LogP contribution in [0.25, 0.3) is 0 Å². The van der Waals surface area contributed by atoms with Crippen LogP contribution in [0.2, 0.25) is 0 Å². The van der Waals surface area contributed by atoms with E-state index in [0.29, 0.717) is 12.6 Å². The molecule has 1 N–H and O–H groups in total. The minimum atomic E-state index is 0.568. The molecule has 0 aliphatic rings. The van der Waals surface area contributed by atoms with Gasteiger partial charge in [-0.3, -0.25) is 0 Å². The van der Waals surface area contributed by atoms with Crippen molar-refractivity contribution in [3.05, 3.63) is 28.7 Å². The number of ether oxygens (including phenoxy) is 1. The van der Waals surface area contributed by atoms with Crippen molar-refractivity contribution in [1.82, 2.24) is 5.32 Å². The van der Waals surface area contributed by atoms with Gasteiger partial charge in [0.2, 0.25) is 0 Å². The fraction of sp³-hybridized carbons (Fsp3) is 0.500. The van der Waals surface area contributed by atoms with E-state index >= 15 is 0 Å². The molecule has 1 aromatic carbocycles. The number of hydrogen-bond donors (Lipinski definition) is 1. The van der Waals surface area contributed by atoms with Crippen molar-refractivity contribution in [3.8, 4) is 5.75 Å². The minimum Gasteiger partial charge on any atom is -0.492 e. The predicted molar refractivity (Wildman–Crippen MR) is 67.4 cm³/mol. The highest BCUT2D eigenvalue weighted by Gasteiger charge is 1.97. The van der Waals surface area contributed by atoms with E-state index in [1.54, 1.807) is 0 Å². The molecule has 3 heteroatoms. The monoisotopic (exact) mass is 271 g/mol. The molecule has 0 aliphatic carbocycles. The van der Waals surface area contributed by atoms with Gasteiger partial charge in [0.15, 0.2) is 0 Å². The number of hydrogen-bond acceptors (Lipinski definition) is 2. The van der Waals surface area contributed by atoms with Crippen LogP contribution in [-0.4, -0.2) is 19.2 Å². The molecule has 0 bridgehead atoms. The molecule has 0 aliphatic heterocycles. The van der Waals surface area contributed by atoms with Crippen molar-refractivity contribution in [1.29, 1.82) is 0 Å². The summed E-state index contributed by atoms with van der Waals surface area (Å²) in [6, 6.07) is 8.47. The van der Waals surface area contributed by atoms with E-state index in [0.717, 1.165) is 23.2 Å². The molecule has 0 unspecified atom stereocenters. The van der Waals surface area contributed by atoms with E-state index in [1.165, 1.54) is 0 Å². The SMILES string of the molecule is CC[C@H](C)NCCOc1ccc(Br)cc1. The zero-order chi connectivity index (χ0) is 11.1. The van der Waals surface area contributed by atoms with E-state index in [-0.39, 0.29) is 0 Å². The largest absolute Gasteiger partial charge is 0.492 e. The Morgan fingerprint density at radius 1 is 1.33 bits per heavy atom. The Bertz CT molecular complexity index is 273. The van der Waals surface area contributed by atoms with Crippen molar-refractivity contribution < 1.29 is 4.74 Å². The molecule has 0 saturated heterocycles. The average Bonchev–Trinajstić information content (AvgIpc) is 2.26. The molecule has 0 amide bonds. The molecule has 0 heterocycles. The van der Waals surface area contributed by atoms with E-state index in [9.17, 15) is 0 Å². The van der Waals surface area contributed by atoms with Gasteiger partial charge in [-0.25, -0.2) is 0 Å². The molecule has 1 aromatic rings. The second-order valence-electron chi connectivity index (χ2n) is 3.57. The highest BCUT2D eigenvalue weighted by atomic mass is 79.9. The summed E-state index contributed by atoms with van der Waals surface area (Å²) in [4.78, 5) is 0. The number of nitrogens with one attached hydrogen (secondary N) is 1. The average molecular weight is 272 g/mol. The quantitative estimate of drug-likeness (QED) is 0.803. The molecule has 84 valence electrons. The maximum absolute atomic E-state index is 5.57. The van der Waals surface area contributed by atoms with Gasteiger partial charge in [-0.1, -0.05) is 22.9 Å². The van der Waals surface area contributed by atoms with Gasteiger partial charge in [-0.2, -0.15) is 0 Å². The summed E-state index contributed by atoms with van der Waals surface area (Å²) in [5.41, 5.74) is 0. The van der Waals surface area contributed by atoms with Crippen molar-refractivity contribution >= 4 is 15.9 Å². The molecule has 0 spiro atoms. The van der Waals surface area contributed by atoms with Crippen LogP contribution in [0.1, 0.15) is 20.3 Å². The van der Waals surface area contributed by atoms with Crippen molar-refractivity contribution in [2.45, 2.75) is 26.3 Å². The summed E-state index contributed by atoms with van der Waals surface area (Å²) in [6.45, 7) is 5.96. The Kier molecular flexibility index (Phi) is 5.73. The van der Waals surface area contributed by atoms with E-state index in [4.69, 9.17) is 4.74 Å². The van der Waals surface area contributed by atoms with Crippen LogP contribution in [0, 0.1) is 0 Å². The summed E-state index contributed by atoms with van der Waals surface area (Å²) in [6.07, 6.45) is 1.15. The molecule has 1 rings (SSSR count). The fourth-order valence-corrected chi connectivity index (χ4v) is 1.41. The topological polar surface area (TPSA) is 21.3 Å². The standard InChI is InChI=1S/C12H18BrNO/c1-3-10(2)14-8-9-15-12-6-4-11(13)5-7-12/h4-7,10,14H,3,8-9H2,1-2H3/t10-/m0/s1. The molecular weight excluding hydrogens is 254 g/mol. The Morgan fingerprint density at radius 3 is 2.60 bits per heavy atom. The highest BCUT2D eigenvalue weighted by molar-refractivity contribution is 9.10. The third-order valence-corrected chi connectivity index (χ3v) is 2.82. The lowest BCUT2D eigenvalue weighted by atomic mass is 10.3. The summed E-state index contributed by atoms with van der Waals surface area (Å²) < 4.78 is 6.65. The Balaban J connectivity index is 2.17. The van der Waals surface area contributed by atoms with Crippen LogP contribution in [0.15, 0.2) is 28.7 Å². The Hall–Kier alpha value is -0.540. The Morgan fingerprint density at radius 2 is 2.00 bits per heavy atom. The van der Waals surface area contributed by atoms with Crippen LogP contribution in [-0.2, 0) is 0 Å². The van der Waals surface area contributed by atoms with Gasteiger partial charge in [-0.05, 0) is 37.6 Å². The van der Waals surface area contributed by atoms with Gasteiger partial charge < -0.3 is 10.1 Å². The summed E-state index contributed by atoms with van der Waals surface area (Å²) in [5.74, 6) is 0.921. The molecule has 15 heavy (non-hydrogen) atoms. The number of benzene rings is 1. The van der Waals surface area contributed by atoms with Crippen LogP contribution < -0.4 is 10.1 Å². The lowest BCUT2D eigenvalue weighted by Gasteiger charge is -2.11. The Labute approximate surface area is 100 Å². The van der Waals surface area contributed by atoms with Gasteiger partial charge in [0.1, 0.15) is 12.4 Å². The maximum atomic E-state index is 5.57. The van der Waals surface area contributed by atoms with Crippen LogP contribution in [0.3, 0.4) is 0 Å². The first-order valence-corrected chi connectivity index (χ1v) is 6.13. The van der Waals surface area contributed by atoms with E-state index < -0.39 is 0 Å². The van der Waals surface area contributed by atoms with E-state index in [2.05, 4.69) is 35.1 Å². The lowest BCUT2D eigenvalue weighted by Crippen LogP contribution is -2.29. The number of halogens is 1. The van der Waals surface area contributed by atoms with Gasteiger partial charge >= 0.3 is 0 Å². The highest BCUT2D eigenvalue weighted by Crippen LogP contribution is 2.15. The zero-order valence-electron chi connectivity index (χ0n) is 9.29.